The van der Waals surface area contributed by atoms with Crippen molar-refractivity contribution < 1.29 is 4.79 Å². The van der Waals surface area contributed by atoms with Gasteiger partial charge >= 0.3 is 0 Å². The molecule has 0 unspecified atom stereocenters. The molecule has 1 amide bonds. The van der Waals surface area contributed by atoms with E-state index in [0.717, 1.165) is 10.8 Å². The molecule has 2 aromatic rings. The number of pyridine rings is 1. The van der Waals surface area contributed by atoms with Crippen LogP contribution in [0, 0.1) is 0 Å². The Morgan fingerprint density at radius 2 is 2.17 bits per heavy atom. The molecule has 18 heavy (non-hydrogen) atoms. The van der Waals surface area contributed by atoms with E-state index in [9.17, 15) is 4.79 Å². The first-order valence-corrected chi connectivity index (χ1v) is 6.54. The number of hydrogen-bond acceptors (Lipinski definition) is 4. The van der Waals surface area contributed by atoms with Gasteiger partial charge in [0.1, 0.15) is 0 Å². The Morgan fingerprint density at radius 3 is 2.83 bits per heavy atom. The predicted octanol–water partition coefficient (Wildman–Crippen LogP) is 1.94. The number of nitrogens with zero attached hydrogens (tertiary/aromatic N) is 3. The molecule has 0 aromatic carbocycles. The maximum absolute atomic E-state index is 11.7. The number of rotatable bonds is 5. The van der Waals surface area contributed by atoms with E-state index in [2.05, 4.69) is 15.3 Å². The summed E-state index contributed by atoms with van der Waals surface area (Å²) in [6.45, 7) is 0. The van der Waals surface area contributed by atoms with Gasteiger partial charge in [0.25, 0.3) is 0 Å². The molecule has 0 aliphatic carbocycles. The second-order valence-corrected chi connectivity index (χ2v) is 4.77. The molecule has 0 fully saturated rings. The van der Waals surface area contributed by atoms with Crippen molar-refractivity contribution in [3.05, 3.63) is 36.9 Å². The zero-order chi connectivity index (χ0) is 12.8. The summed E-state index contributed by atoms with van der Waals surface area (Å²) in [4.78, 5) is 19.7. The standard InChI is InChI=1S/C12H14N4OS/c1-16-8-7-14-12(16)18-9-4-11(17)15-10-2-5-13-6-3-10/h2-3,5-8H,4,9H2,1H3,(H,13,15,17). The van der Waals surface area contributed by atoms with Crippen LogP contribution in [0.5, 0.6) is 0 Å². The van der Waals surface area contributed by atoms with Crippen LogP contribution in [0.3, 0.4) is 0 Å². The topological polar surface area (TPSA) is 59.8 Å². The van der Waals surface area contributed by atoms with Gasteiger partial charge in [-0.2, -0.15) is 0 Å². The number of amides is 1. The highest BCUT2D eigenvalue weighted by molar-refractivity contribution is 7.99. The molecule has 6 heteroatoms. The Labute approximate surface area is 110 Å². The monoisotopic (exact) mass is 262 g/mol. The van der Waals surface area contributed by atoms with Crippen molar-refractivity contribution in [3.63, 3.8) is 0 Å². The van der Waals surface area contributed by atoms with Crippen LogP contribution in [0.25, 0.3) is 0 Å². The van der Waals surface area contributed by atoms with E-state index < -0.39 is 0 Å². The van der Waals surface area contributed by atoms with E-state index in [-0.39, 0.29) is 5.91 Å². The van der Waals surface area contributed by atoms with Gasteiger partial charge in [-0.05, 0) is 12.1 Å². The minimum absolute atomic E-state index is 0.00269. The van der Waals surface area contributed by atoms with Crippen LogP contribution in [0.2, 0.25) is 0 Å². The van der Waals surface area contributed by atoms with Crippen LogP contribution < -0.4 is 5.32 Å². The highest BCUT2D eigenvalue weighted by atomic mass is 32.2. The Hall–Kier alpha value is -1.82. The third-order valence-electron chi connectivity index (χ3n) is 2.30. The van der Waals surface area contributed by atoms with Crippen LogP contribution in [0.15, 0.2) is 42.1 Å². The van der Waals surface area contributed by atoms with Crippen molar-refractivity contribution >= 4 is 23.4 Å². The lowest BCUT2D eigenvalue weighted by Crippen LogP contribution is -2.12. The number of carbonyl (C=O) groups excluding carboxylic acids is 1. The molecule has 0 saturated carbocycles. The third kappa shape index (κ3) is 3.59. The Kier molecular flexibility index (Phi) is 4.35. The molecule has 5 nitrogen and oxygen atoms in total. The predicted molar refractivity (Wildman–Crippen MR) is 71.4 cm³/mol. The van der Waals surface area contributed by atoms with Gasteiger partial charge in [-0.15, -0.1) is 0 Å². The van der Waals surface area contributed by atoms with E-state index in [1.54, 1.807) is 42.5 Å². The number of carbonyl (C=O) groups is 1. The summed E-state index contributed by atoms with van der Waals surface area (Å²) in [5.41, 5.74) is 0.775. The Bertz CT molecular complexity index is 512. The van der Waals surface area contributed by atoms with Gasteiger partial charge < -0.3 is 9.88 Å². The Balaban J connectivity index is 1.74. The third-order valence-corrected chi connectivity index (χ3v) is 3.36. The number of imidazole rings is 1. The fraction of sp³-hybridized carbons (Fsp3) is 0.250. The van der Waals surface area contributed by atoms with Gasteiger partial charge in [-0.1, -0.05) is 11.8 Å². The molecular weight excluding hydrogens is 248 g/mol. The number of thioether (sulfide) groups is 1. The molecule has 1 N–H and O–H groups in total. The summed E-state index contributed by atoms with van der Waals surface area (Å²) in [7, 11) is 1.94. The number of aromatic nitrogens is 3. The second-order valence-electron chi connectivity index (χ2n) is 3.70. The molecule has 2 rings (SSSR count). The SMILES string of the molecule is Cn1ccnc1SCCC(=O)Nc1ccncc1. The summed E-state index contributed by atoms with van der Waals surface area (Å²) >= 11 is 1.57. The lowest BCUT2D eigenvalue weighted by molar-refractivity contribution is -0.115. The second kappa shape index (κ2) is 6.20. The Morgan fingerprint density at radius 1 is 1.39 bits per heavy atom. The lowest BCUT2D eigenvalue weighted by atomic mass is 10.4. The van der Waals surface area contributed by atoms with Crippen LogP contribution >= 0.6 is 11.8 Å². The normalized spacial score (nSPS) is 10.3. The van der Waals surface area contributed by atoms with Crippen molar-refractivity contribution in [2.24, 2.45) is 7.05 Å². The van der Waals surface area contributed by atoms with Crippen LogP contribution in [-0.2, 0) is 11.8 Å². The van der Waals surface area contributed by atoms with E-state index in [1.807, 2.05) is 17.8 Å². The van der Waals surface area contributed by atoms with E-state index in [1.165, 1.54) is 0 Å². The molecule has 0 atom stereocenters. The lowest BCUT2D eigenvalue weighted by Gasteiger charge is -2.04. The van der Waals surface area contributed by atoms with Gasteiger partial charge in [0, 0.05) is 49.7 Å². The van der Waals surface area contributed by atoms with Gasteiger partial charge in [0.15, 0.2) is 5.16 Å². The summed E-state index contributed by atoms with van der Waals surface area (Å²) in [5.74, 6) is 0.713. The highest BCUT2D eigenvalue weighted by Gasteiger charge is 2.04. The largest absolute Gasteiger partial charge is 0.329 e. The summed E-state index contributed by atoms with van der Waals surface area (Å²) in [6.07, 6.45) is 7.40. The molecule has 0 bridgehead atoms. The molecular formula is C12H14N4OS. The first-order valence-electron chi connectivity index (χ1n) is 5.56. The van der Waals surface area contributed by atoms with Crippen molar-refractivity contribution in [3.8, 4) is 0 Å². The first-order chi connectivity index (χ1) is 8.75. The molecule has 2 aromatic heterocycles. The van der Waals surface area contributed by atoms with Crippen molar-refractivity contribution in [2.45, 2.75) is 11.6 Å². The van der Waals surface area contributed by atoms with Crippen molar-refractivity contribution in [2.75, 3.05) is 11.1 Å². The fourth-order valence-electron chi connectivity index (χ4n) is 1.38. The quantitative estimate of drug-likeness (QED) is 0.836. The van der Waals surface area contributed by atoms with Crippen LogP contribution in [0.1, 0.15) is 6.42 Å². The highest BCUT2D eigenvalue weighted by Crippen LogP contribution is 2.15. The van der Waals surface area contributed by atoms with E-state index in [0.29, 0.717) is 12.2 Å². The average molecular weight is 262 g/mol. The molecule has 0 spiro atoms. The maximum Gasteiger partial charge on any atom is 0.225 e. The van der Waals surface area contributed by atoms with Crippen LogP contribution in [0.4, 0.5) is 5.69 Å². The molecule has 94 valence electrons. The van der Waals surface area contributed by atoms with E-state index >= 15 is 0 Å². The van der Waals surface area contributed by atoms with Gasteiger partial charge in [-0.3, -0.25) is 9.78 Å². The molecule has 0 saturated heterocycles. The number of anilines is 1. The fourth-order valence-corrected chi connectivity index (χ4v) is 2.25. The van der Waals surface area contributed by atoms with Crippen molar-refractivity contribution in [1.29, 1.82) is 0 Å². The summed E-state index contributed by atoms with van der Waals surface area (Å²) in [6, 6.07) is 3.54. The zero-order valence-electron chi connectivity index (χ0n) is 10.0. The first kappa shape index (κ1) is 12.6. The minimum atomic E-state index is 0.00269. The number of nitrogens with one attached hydrogen (secondary N) is 1. The average Bonchev–Trinajstić information content (AvgIpc) is 2.76. The maximum atomic E-state index is 11.7. The smallest absolute Gasteiger partial charge is 0.225 e. The van der Waals surface area contributed by atoms with Gasteiger partial charge in [-0.25, -0.2) is 4.98 Å². The van der Waals surface area contributed by atoms with Crippen LogP contribution in [-0.4, -0.2) is 26.2 Å². The minimum Gasteiger partial charge on any atom is -0.329 e. The molecule has 0 radical (unpaired) electrons. The molecule has 0 aliphatic heterocycles. The zero-order valence-corrected chi connectivity index (χ0v) is 10.9. The van der Waals surface area contributed by atoms with Crippen molar-refractivity contribution in [1.82, 2.24) is 14.5 Å². The van der Waals surface area contributed by atoms with E-state index in [4.69, 9.17) is 0 Å². The number of hydrogen-bond donors (Lipinski definition) is 1. The summed E-state index contributed by atoms with van der Waals surface area (Å²) < 4.78 is 1.94. The van der Waals surface area contributed by atoms with Gasteiger partial charge in [0.2, 0.25) is 5.91 Å². The number of aryl methyl sites for hydroxylation is 1. The van der Waals surface area contributed by atoms with Gasteiger partial charge in [0.05, 0.1) is 0 Å². The summed E-state index contributed by atoms with van der Waals surface area (Å²) in [5, 5.41) is 3.74. The molecule has 2 heterocycles. The molecule has 0 aliphatic rings.